The van der Waals surface area contributed by atoms with Gasteiger partial charge in [-0.25, -0.2) is 0 Å². The molecule has 1 fully saturated rings. The van der Waals surface area contributed by atoms with Crippen LogP contribution in [0.5, 0.6) is 0 Å². The van der Waals surface area contributed by atoms with E-state index in [4.69, 9.17) is 9.47 Å². The van der Waals surface area contributed by atoms with Crippen LogP contribution in [0.15, 0.2) is 0 Å². The Morgan fingerprint density at radius 1 is 1.15 bits per heavy atom. The molecule has 0 bridgehead atoms. The smallest absolute Gasteiger partial charge is 0.0700 e. The fourth-order valence-electron chi connectivity index (χ4n) is 1.56. The van der Waals surface area contributed by atoms with E-state index < -0.39 is 0 Å². The minimum atomic E-state index is 0.738. The van der Waals surface area contributed by atoms with Gasteiger partial charge in [0.2, 0.25) is 0 Å². The Bertz CT molecular complexity index is 113. The van der Waals surface area contributed by atoms with Gasteiger partial charge >= 0.3 is 0 Å². The Morgan fingerprint density at radius 3 is 2.54 bits per heavy atom. The lowest BCUT2D eigenvalue weighted by atomic mass is 9.99. The third-order valence-corrected chi connectivity index (χ3v) is 2.39. The third kappa shape index (κ3) is 5.24. The summed E-state index contributed by atoms with van der Waals surface area (Å²) < 4.78 is 10.7. The minimum absolute atomic E-state index is 0.738. The number of hydrogen-bond acceptors (Lipinski definition) is 3. The van der Waals surface area contributed by atoms with E-state index in [0.29, 0.717) is 0 Å². The molecule has 0 amide bonds. The summed E-state index contributed by atoms with van der Waals surface area (Å²) in [6, 6.07) is 0. The fourth-order valence-corrected chi connectivity index (χ4v) is 1.56. The van der Waals surface area contributed by atoms with E-state index >= 15 is 0 Å². The van der Waals surface area contributed by atoms with Gasteiger partial charge in [0.05, 0.1) is 13.2 Å². The van der Waals surface area contributed by atoms with E-state index in [1.165, 1.54) is 12.8 Å². The average Bonchev–Trinajstić information content (AvgIpc) is 2.19. The average molecular weight is 187 g/mol. The van der Waals surface area contributed by atoms with Crippen molar-refractivity contribution in [3.63, 3.8) is 0 Å². The Morgan fingerprint density at radius 2 is 1.85 bits per heavy atom. The maximum absolute atomic E-state index is 5.52. The second kappa shape index (κ2) is 7.30. The van der Waals surface area contributed by atoms with Crippen LogP contribution in [0.4, 0.5) is 0 Å². The van der Waals surface area contributed by atoms with Crippen LogP contribution in [0.1, 0.15) is 19.8 Å². The van der Waals surface area contributed by atoms with E-state index in [9.17, 15) is 0 Å². The molecule has 78 valence electrons. The van der Waals surface area contributed by atoms with Crippen molar-refractivity contribution in [2.24, 2.45) is 5.92 Å². The molecule has 1 aliphatic heterocycles. The summed E-state index contributed by atoms with van der Waals surface area (Å²) in [6.45, 7) is 7.50. The highest BCUT2D eigenvalue weighted by Gasteiger charge is 2.12. The van der Waals surface area contributed by atoms with Crippen molar-refractivity contribution < 1.29 is 9.47 Å². The molecule has 0 atom stereocenters. The molecule has 0 aromatic carbocycles. The summed E-state index contributed by atoms with van der Waals surface area (Å²) in [4.78, 5) is 0. The summed E-state index contributed by atoms with van der Waals surface area (Å²) in [5, 5.41) is 3.35. The second-order valence-corrected chi connectivity index (χ2v) is 3.47. The van der Waals surface area contributed by atoms with Gasteiger partial charge in [-0.15, -0.1) is 0 Å². The van der Waals surface area contributed by atoms with Crippen LogP contribution in [0, 0.1) is 5.92 Å². The van der Waals surface area contributed by atoms with Gasteiger partial charge in [0.25, 0.3) is 0 Å². The molecule has 13 heavy (non-hydrogen) atoms. The normalized spacial score (nSPS) is 19.2. The molecule has 0 aromatic heterocycles. The van der Waals surface area contributed by atoms with Gasteiger partial charge in [-0.05, 0) is 38.8 Å². The van der Waals surface area contributed by atoms with Crippen molar-refractivity contribution in [3.8, 4) is 0 Å². The molecular weight excluding hydrogens is 166 g/mol. The van der Waals surface area contributed by atoms with Gasteiger partial charge in [0, 0.05) is 13.2 Å². The lowest BCUT2D eigenvalue weighted by molar-refractivity contribution is 0.0326. The van der Waals surface area contributed by atoms with E-state index in [-0.39, 0.29) is 0 Å². The predicted molar refractivity (Wildman–Crippen MR) is 52.9 cm³/mol. The van der Waals surface area contributed by atoms with Crippen LogP contribution in [0.25, 0.3) is 0 Å². The molecule has 1 heterocycles. The van der Waals surface area contributed by atoms with E-state index in [1.807, 2.05) is 6.92 Å². The largest absolute Gasteiger partial charge is 0.379 e. The van der Waals surface area contributed by atoms with Crippen molar-refractivity contribution in [2.75, 3.05) is 39.5 Å². The highest BCUT2D eigenvalue weighted by molar-refractivity contribution is 4.67. The van der Waals surface area contributed by atoms with Crippen LogP contribution >= 0.6 is 0 Å². The van der Waals surface area contributed by atoms with Crippen molar-refractivity contribution in [3.05, 3.63) is 0 Å². The van der Waals surface area contributed by atoms with E-state index in [1.54, 1.807) is 0 Å². The minimum Gasteiger partial charge on any atom is -0.379 e. The number of rotatable bonds is 6. The van der Waals surface area contributed by atoms with Gasteiger partial charge in [-0.1, -0.05) is 0 Å². The van der Waals surface area contributed by atoms with E-state index in [2.05, 4.69) is 5.32 Å². The zero-order valence-electron chi connectivity index (χ0n) is 8.55. The van der Waals surface area contributed by atoms with Crippen LogP contribution in [-0.2, 0) is 9.47 Å². The molecule has 3 nitrogen and oxygen atoms in total. The maximum Gasteiger partial charge on any atom is 0.0700 e. The first kappa shape index (κ1) is 11.0. The van der Waals surface area contributed by atoms with Gasteiger partial charge in [0.15, 0.2) is 0 Å². The summed E-state index contributed by atoms with van der Waals surface area (Å²) in [5.74, 6) is 0.767. The summed E-state index contributed by atoms with van der Waals surface area (Å²) >= 11 is 0. The van der Waals surface area contributed by atoms with Crippen LogP contribution in [-0.4, -0.2) is 39.5 Å². The molecule has 0 unspecified atom stereocenters. The quantitative estimate of drug-likeness (QED) is 0.630. The summed E-state index contributed by atoms with van der Waals surface area (Å²) in [7, 11) is 0. The number of piperidine rings is 1. The molecule has 0 saturated carbocycles. The molecule has 1 saturated heterocycles. The van der Waals surface area contributed by atoms with Gasteiger partial charge in [-0.2, -0.15) is 0 Å². The Kier molecular flexibility index (Phi) is 6.15. The SMILES string of the molecule is CCOCCOCC1CCNCC1. The van der Waals surface area contributed by atoms with Gasteiger partial charge in [-0.3, -0.25) is 0 Å². The molecule has 1 rings (SSSR count). The lowest BCUT2D eigenvalue weighted by Gasteiger charge is -2.22. The number of nitrogens with one attached hydrogen (secondary N) is 1. The highest BCUT2D eigenvalue weighted by Crippen LogP contribution is 2.11. The van der Waals surface area contributed by atoms with Crippen molar-refractivity contribution in [2.45, 2.75) is 19.8 Å². The maximum atomic E-state index is 5.52. The second-order valence-electron chi connectivity index (χ2n) is 3.47. The Balaban J connectivity index is 1.86. The Hall–Kier alpha value is -0.120. The monoisotopic (exact) mass is 187 g/mol. The van der Waals surface area contributed by atoms with Crippen LogP contribution in [0.2, 0.25) is 0 Å². The third-order valence-electron chi connectivity index (χ3n) is 2.39. The highest BCUT2D eigenvalue weighted by atomic mass is 16.5. The molecule has 0 spiro atoms. The lowest BCUT2D eigenvalue weighted by Crippen LogP contribution is -2.30. The first-order valence-corrected chi connectivity index (χ1v) is 5.29. The van der Waals surface area contributed by atoms with Crippen LogP contribution < -0.4 is 5.32 Å². The first-order valence-electron chi connectivity index (χ1n) is 5.29. The molecule has 0 radical (unpaired) electrons. The van der Waals surface area contributed by atoms with Crippen LogP contribution in [0.3, 0.4) is 0 Å². The predicted octanol–water partition coefficient (Wildman–Crippen LogP) is 1.04. The van der Waals surface area contributed by atoms with Gasteiger partial charge < -0.3 is 14.8 Å². The topological polar surface area (TPSA) is 30.5 Å². The zero-order chi connectivity index (χ0) is 9.36. The summed E-state index contributed by atoms with van der Waals surface area (Å²) in [6.07, 6.45) is 2.52. The summed E-state index contributed by atoms with van der Waals surface area (Å²) in [5.41, 5.74) is 0. The molecule has 1 N–H and O–H groups in total. The first-order chi connectivity index (χ1) is 6.43. The van der Waals surface area contributed by atoms with Crippen molar-refractivity contribution >= 4 is 0 Å². The van der Waals surface area contributed by atoms with Crippen molar-refractivity contribution in [1.29, 1.82) is 0 Å². The standard InChI is InChI=1S/C10H21NO2/c1-2-12-7-8-13-9-10-3-5-11-6-4-10/h10-11H,2-9H2,1H3. The fraction of sp³-hybridized carbons (Fsp3) is 1.00. The van der Waals surface area contributed by atoms with Gasteiger partial charge in [0.1, 0.15) is 0 Å². The molecule has 0 aliphatic carbocycles. The Labute approximate surface area is 80.8 Å². The number of hydrogen-bond donors (Lipinski definition) is 1. The zero-order valence-corrected chi connectivity index (χ0v) is 8.55. The van der Waals surface area contributed by atoms with Crippen molar-refractivity contribution in [1.82, 2.24) is 5.32 Å². The molecular formula is C10H21NO2. The number of ether oxygens (including phenoxy) is 2. The molecule has 0 aromatic rings. The molecule has 3 heteroatoms. The molecule has 1 aliphatic rings. The van der Waals surface area contributed by atoms with E-state index in [0.717, 1.165) is 45.4 Å².